The van der Waals surface area contributed by atoms with E-state index in [1.165, 1.54) is 11.3 Å². The number of oxazole rings is 1. The van der Waals surface area contributed by atoms with Crippen molar-refractivity contribution in [2.75, 3.05) is 0 Å². The number of rotatable bonds is 4. The molecule has 2 aromatic heterocycles. The van der Waals surface area contributed by atoms with Crippen LogP contribution >= 0.6 is 11.3 Å². The van der Waals surface area contributed by atoms with Gasteiger partial charge in [0, 0.05) is 12.1 Å². The first-order chi connectivity index (χ1) is 10.1. The van der Waals surface area contributed by atoms with E-state index in [9.17, 15) is 9.59 Å². The van der Waals surface area contributed by atoms with Crippen molar-refractivity contribution >= 4 is 28.2 Å². The number of ketones is 1. The molecule has 108 valence electrons. The van der Waals surface area contributed by atoms with Gasteiger partial charge in [0.25, 0.3) is 0 Å². The maximum Gasteiger partial charge on any atom is 0.419 e. The van der Waals surface area contributed by atoms with Crippen molar-refractivity contribution in [2.24, 2.45) is 0 Å². The molecule has 0 aliphatic rings. The smallest absolute Gasteiger partial charge is 0.408 e. The molecular weight excluding hydrogens is 286 g/mol. The van der Waals surface area contributed by atoms with Crippen molar-refractivity contribution in [3.05, 3.63) is 56.2 Å². The molecule has 0 aliphatic carbocycles. The molecule has 5 heteroatoms. The van der Waals surface area contributed by atoms with E-state index in [0.717, 1.165) is 22.4 Å². The average Bonchev–Trinajstić information content (AvgIpc) is 3.02. The van der Waals surface area contributed by atoms with Crippen LogP contribution in [0.4, 0.5) is 0 Å². The zero-order chi connectivity index (χ0) is 15.0. The minimum atomic E-state index is -0.372. The normalized spacial score (nSPS) is 11.1. The van der Waals surface area contributed by atoms with Crippen LogP contribution in [-0.4, -0.2) is 10.4 Å². The molecular formula is C16H15NO3S. The summed E-state index contributed by atoms with van der Waals surface area (Å²) in [6.07, 6.45) is 0.851. The average molecular weight is 301 g/mol. The highest BCUT2D eigenvalue weighted by Gasteiger charge is 2.16. The number of aryl methyl sites for hydroxylation is 2. The number of hydrogen-bond acceptors (Lipinski definition) is 4. The Morgan fingerprint density at radius 2 is 2.14 bits per heavy atom. The summed E-state index contributed by atoms with van der Waals surface area (Å²) >= 11 is 1.43. The maximum absolute atomic E-state index is 12.5. The predicted octanol–water partition coefficient (Wildman–Crippen LogP) is 3.61. The van der Waals surface area contributed by atoms with Crippen molar-refractivity contribution < 1.29 is 9.21 Å². The van der Waals surface area contributed by atoms with Crippen molar-refractivity contribution in [1.29, 1.82) is 0 Å². The van der Waals surface area contributed by atoms with Crippen LogP contribution in [0.1, 0.15) is 34.1 Å². The summed E-state index contributed by atoms with van der Waals surface area (Å²) < 4.78 is 6.85. The first kappa shape index (κ1) is 13.8. The van der Waals surface area contributed by atoms with Crippen LogP contribution in [0.3, 0.4) is 0 Å². The third-order valence-electron chi connectivity index (χ3n) is 3.45. The predicted molar refractivity (Wildman–Crippen MR) is 83.3 cm³/mol. The summed E-state index contributed by atoms with van der Waals surface area (Å²) in [5, 5.41) is 1.90. The topological polar surface area (TPSA) is 52.2 Å². The lowest BCUT2D eigenvalue weighted by atomic mass is 10.1. The van der Waals surface area contributed by atoms with Gasteiger partial charge in [-0.2, -0.15) is 0 Å². The molecule has 0 radical (unpaired) electrons. The van der Waals surface area contributed by atoms with E-state index in [2.05, 4.69) is 0 Å². The van der Waals surface area contributed by atoms with Gasteiger partial charge < -0.3 is 4.42 Å². The van der Waals surface area contributed by atoms with Crippen LogP contribution in [0.15, 0.2) is 38.9 Å². The first-order valence-corrected chi connectivity index (χ1v) is 7.72. The third-order valence-corrected chi connectivity index (χ3v) is 4.46. The van der Waals surface area contributed by atoms with E-state index in [1.54, 1.807) is 22.8 Å². The van der Waals surface area contributed by atoms with Gasteiger partial charge >= 0.3 is 5.76 Å². The number of hydrogen-bond donors (Lipinski definition) is 0. The molecule has 0 saturated heterocycles. The van der Waals surface area contributed by atoms with Crippen molar-refractivity contribution in [3.8, 4) is 0 Å². The van der Waals surface area contributed by atoms with Crippen molar-refractivity contribution in [1.82, 2.24) is 4.57 Å². The molecule has 0 spiro atoms. The van der Waals surface area contributed by atoms with Crippen LogP contribution in [-0.2, 0) is 6.54 Å². The highest BCUT2D eigenvalue weighted by Crippen LogP contribution is 2.22. The van der Waals surface area contributed by atoms with E-state index >= 15 is 0 Å². The Labute approximate surface area is 125 Å². The number of benzene rings is 1. The fourth-order valence-electron chi connectivity index (χ4n) is 2.38. The minimum Gasteiger partial charge on any atom is -0.408 e. The van der Waals surface area contributed by atoms with E-state index in [-0.39, 0.29) is 11.5 Å². The fraction of sp³-hybridized carbons (Fsp3) is 0.250. The van der Waals surface area contributed by atoms with E-state index in [0.29, 0.717) is 17.7 Å². The molecule has 0 atom stereocenters. The highest BCUT2D eigenvalue weighted by atomic mass is 32.1. The zero-order valence-electron chi connectivity index (χ0n) is 11.9. The van der Waals surface area contributed by atoms with Crippen molar-refractivity contribution in [3.63, 3.8) is 0 Å². The standard InChI is InChI=1S/C16H15NO3S/c1-3-7-17-12-5-4-11(9-13(12)20-16(17)19)14(18)15-10(2)6-8-21-15/h4-6,8-9H,3,7H2,1-2H3. The van der Waals surface area contributed by atoms with Gasteiger partial charge in [-0.25, -0.2) is 4.79 Å². The van der Waals surface area contributed by atoms with Crippen molar-refractivity contribution in [2.45, 2.75) is 26.8 Å². The molecule has 21 heavy (non-hydrogen) atoms. The number of fused-ring (bicyclic) bond motifs is 1. The summed E-state index contributed by atoms with van der Waals surface area (Å²) in [5.41, 5.74) is 2.72. The van der Waals surface area contributed by atoms with Gasteiger partial charge in [0.1, 0.15) is 0 Å². The summed E-state index contributed by atoms with van der Waals surface area (Å²) in [4.78, 5) is 25.0. The Bertz CT molecular complexity index is 869. The van der Waals surface area contributed by atoms with Gasteiger partial charge in [0.05, 0.1) is 10.4 Å². The summed E-state index contributed by atoms with van der Waals surface area (Å²) in [6.45, 7) is 4.53. The molecule has 0 N–H and O–H groups in total. The number of carbonyl (C=O) groups is 1. The maximum atomic E-state index is 12.5. The first-order valence-electron chi connectivity index (χ1n) is 6.84. The second-order valence-corrected chi connectivity index (χ2v) is 5.88. The largest absolute Gasteiger partial charge is 0.419 e. The van der Waals surface area contributed by atoms with Crippen LogP contribution in [0.5, 0.6) is 0 Å². The monoisotopic (exact) mass is 301 g/mol. The Balaban J connectivity index is 2.08. The van der Waals surface area contributed by atoms with Gasteiger partial charge in [0.15, 0.2) is 5.58 Å². The quantitative estimate of drug-likeness (QED) is 0.692. The lowest BCUT2D eigenvalue weighted by Gasteiger charge is -2.01. The molecule has 0 amide bonds. The molecule has 3 aromatic rings. The van der Waals surface area contributed by atoms with E-state index < -0.39 is 0 Å². The van der Waals surface area contributed by atoms with E-state index in [4.69, 9.17) is 4.42 Å². The molecule has 0 aliphatic heterocycles. The van der Waals surface area contributed by atoms with Crippen LogP contribution in [0.25, 0.3) is 11.1 Å². The molecule has 0 bridgehead atoms. The van der Waals surface area contributed by atoms with Crippen LogP contribution in [0, 0.1) is 6.92 Å². The molecule has 4 nitrogen and oxygen atoms in total. The Hall–Kier alpha value is -2.14. The zero-order valence-corrected chi connectivity index (χ0v) is 12.7. The number of carbonyl (C=O) groups excluding carboxylic acids is 1. The van der Waals surface area contributed by atoms with Gasteiger partial charge in [-0.1, -0.05) is 6.92 Å². The summed E-state index contributed by atoms with van der Waals surface area (Å²) in [6, 6.07) is 7.12. The second kappa shape index (κ2) is 5.33. The lowest BCUT2D eigenvalue weighted by molar-refractivity contribution is 0.104. The summed E-state index contributed by atoms with van der Waals surface area (Å²) in [5.74, 6) is -0.404. The van der Waals surface area contributed by atoms with Gasteiger partial charge in [-0.05, 0) is 48.6 Å². The molecule has 2 heterocycles. The van der Waals surface area contributed by atoms with E-state index in [1.807, 2.05) is 25.3 Å². The van der Waals surface area contributed by atoms with Gasteiger partial charge in [-0.15, -0.1) is 11.3 Å². The Kier molecular flexibility index (Phi) is 3.51. The lowest BCUT2D eigenvalue weighted by Crippen LogP contribution is -2.13. The second-order valence-electron chi connectivity index (χ2n) is 4.96. The minimum absolute atomic E-state index is 0.0321. The molecule has 0 unspecified atom stereocenters. The Morgan fingerprint density at radius 3 is 2.81 bits per heavy atom. The summed E-state index contributed by atoms with van der Waals surface area (Å²) in [7, 11) is 0. The van der Waals surface area contributed by atoms with Crippen LogP contribution < -0.4 is 5.76 Å². The number of thiophene rings is 1. The van der Waals surface area contributed by atoms with Crippen LogP contribution in [0.2, 0.25) is 0 Å². The molecule has 1 aromatic carbocycles. The Morgan fingerprint density at radius 1 is 1.33 bits per heavy atom. The molecule has 0 fully saturated rings. The third kappa shape index (κ3) is 2.34. The van der Waals surface area contributed by atoms with Gasteiger partial charge in [0.2, 0.25) is 5.78 Å². The molecule has 0 saturated carbocycles. The fourth-order valence-corrected chi connectivity index (χ4v) is 3.27. The number of aromatic nitrogens is 1. The number of nitrogens with zero attached hydrogens (tertiary/aromatic N) is 1. The highest BCUT2D eigenvalue weighted by molar-refractivity contribution is 7.12. The molecule has 3 rings (SSSR count). The SMILES string of the molecule is CCCn1c(=O)oc2cc(C(=O)c3sccc3C)ccc21. The van der Waals surface area contributed by atoms with Gasteiger partial charge in [-0.3, -0.25) is 9.36 Å².